The summed E-state index contributed by atoms with van der Waals surface area (Å²) in [4.78, 5) is 24.2. The van der Waals surface area contributed by atoms with E-state index in [1.165, 1.54) is 33.5 Å². The number of benzene rings is 3. The molecule has 2 aliphatic rings. The van der Waals surface area contributed by atoms with Crippen molar-refractivity contribution >= 4 is 21.8 Å². The molecule has 1 saturated heterocycles. The van der Waals surface area contributed by atoms with E-state index >= 15 is 0 Å². The van der Waals surface area contributed by atoms with Crippen LogP contribution < -0.4 is 14.2 Å². The van der Waals surface area contributed by atoms with Crippen molar-refractivity contribution in [2.45, 2.75) is 63.5 Å². The second-order valence-corrected chi connectivity index (χ2v) is 14.1. The average molecular weight is 656 g/mol. The number of fused-ring (bicyclic) bond motifs is 1. The summed E-state index contributed by atoms with van der Waals surface area (Å²) in [6.07, 6.45) is -1.68. The van der Waals surface area contributed by atoms with Crippen LogP contribution in [0.2, 0.25) is 0 Å². The van der Waals surface area contributed by atoms with E-state index in [9.17, 15) is 28.4 Å². The lowest BCUT2D eigenvalue weighted by molar-refractivity contribution is -0.384. The van der Waals surface area contributed by atoms with Gasteiger partial charge in [0, 0.05) is 31.3 Å². The van der Waals surface area contributed by atoms with Gasteiger partial charge in [-0.15, -0.1) is 0 Å². The molecule has 1 N–H and O–H groups in total. The van der Waals surface area contributed by atoms with Crippen LogP contribution in [0.3, 0.4) is 0 Å². The third kappa shape index (κ3) is 7.19. The van der Waals surface area contributed by atoms with Crippen LogP contribution in [0.25, 0.3) is 0 Å². The van der Waals surface area contributed by atoms with Crippen LogP contribution >= 0.6 is 0 Å². The Morgan fingerprint density at radius 2 is 1.72 bits per heavy atom. The number of carboxylic acid groups (broad SMARTS) is 1. The number of hydrogen-bond acceptors (Lipinski definition) is 9. The van der Waals surface area contributed by atoms with Gasteiger partial charge >= 0.3 is 6.09 Å². The Morgan fingerprint density at radius 1 is 1.07 bits per heavy atom. The quantitative estimate of drug-likeness (QED) is 0.201. The van der Waals surface area contributed by atoms with Gasteiger partial charge in [0.2, 0.25) is 16.8 Å². The molecule has 3 aromatic rings. The molecule has 2 heterocycles. The number of amides is 1. The summed E-state index contributed by atoms with van der Waals surface area (Å²) in [5.41, 5.74) is 0.362. The minimum Gasteiger partial charge on any atom is -0.489 e. The van der Waals surface area contributed by atoms with Crippen molar-refractivity contribution in [2.75, 3.05) is 19.9 Å². The van der Waals surface area contributed by atoms with Crippen LogP contribution in [0.1, 0.15) is 38.8 Å². The number of nitro groups is 1. The second kappa shape index (κ2) is 13.1. The van der Waals surface area contributed by atoms with Crippen molar-refractivity contribution in [1.29, 1.82) is 0 Å². The Balaban J connectivity index is 1.34. The highest BCUT2D eigenvalue weighted by Gasteiger charge is 2.51. The third-order valence-electron chi connectivity index (χ3n) is 7.84. The Labute approximate surface area is 267 Å². The van der Waals surface area contributed by atoms with Gasteiger partial charge in [-0.25, -0.2) is 13.2 Å². The lowest BCUT2D eigenvalue weighted by Gasteiger charge is -2.31. The minimum absolute atomic E-state index is 0.00117. The highest BCUT2D eigenvalue weighted by atomic mass is 32.2. The topological polar surface area (TPSA) is 158 Å². The minimum atomic E-state index is -4.02. The largest absolute Gasteiger partial charge is 0.489 e. The van der Waals surface area contributed by atoms with E-state index in [1.807, 2.05) is 26.0 Å². The van der Waals surface area contributed by atoms with E-state index < -0.39 is 38.9 Å². The molecular weight excluding hydrogens is 618 g/mol. The van der Waals surface area contributed by atoms with Crippen LogP contribution in [-0.4, -0.2) is 71.5 Å². The normalized spacial score (nSPS) is 18.7. The molecule has 46 heavy (non-hydrogen) atoms. The van der Waals surface area contributed by atoms with E-state index in [1.54, 1.807) is 44.2 Å². The maximum atomic E-state index is 13.9. The zero-order valence-corrected chi connectivity index (χ0v) is 26.8. The molecule has 0 aromatic heterocycles. The van der Waals surface area contributed by atoms with Crippen LogP contribution in [0.5, 0.6) is 17.2 Å². The first kappa shape index (κ1) is 33.0. The van der Waals surface area contributed by atoms with Crippen LogP contribution in [0, 0.1) is 16.0 Å². The predicted octanol–water partition coefficient (Wildman–Crippen LogP) is 5.28. The van der Waals surface area contributed by atoms with Crippen molar-refractivity contribution in [3.05, 3.63) is 88.0 Å². The maximum absolute atomic E-state index is 13.9. The van der Waals surface area contributed by atoms with E-state index in [4.69, 9.17) is 18.9 Å². The fraction of sp³-hybridized carbons (Fsp3) is 0.406. The molecule has 0 unspecified atom stereocenters. The first-order valence-corrected chi connectivity index (χ1v) is 16.2. The zero-order chi connectivity index (χ0) is 33.2. The fourth-order valence-electron chi connectivity index (χ4n) is 5.73. The van der Waals surface area contributed by atoms with Crippen molar-refractivity contribution in [3.63, 3.8) is 0 Å². The molecule has 0 radical (unpaired) electrons. The molecule has 3 aromatic carbocycles. The smallest absolute Gasteiger partial charge is 0.409 e. The summed E-state index contributed by atoms with van der Waals surface area (Å²) >= 11 is 0. The Morgan fingerprint density at radius 3 is 2.35 bits per heavy atom. The first-order chi connectivity index (χ1) is 21.7. The highest BCUT2D eigenvalue weighted by Crippen LogP contribution is 2.37. The summed E-state index contributed by atoms with van der Waals surface area (Å²) in [6.45, 7) is 7.48. The molecule has 13 nitrogen and oxygen atoms in total. The highest BCUT2D eigenvalue weighted by molar-refractivity contribution is 7.89. The van der Waals surface area contributed by atoms with E-state index in [-0.39, 0.29) is 49.4 Å². The fourth-order valence-corrected chi connectivity index (χ4v) is 7.37. The van der Waals surface area contributed by atoms with Gasteiger partial charge in [-0.05, 0) is 73.7 Å². The number of carbonyl (C=O) groups is 1. The molecule has 1 fully saturated rings. The number of sulfonamides is 1. The van der Waals surface area contributed by atoms with Gasteiger partial charge in [0.05, 0.1) is 22.0 Å². The Kier molecular flexibility index (Phi) is 9.42. The summed E-state index contributed by atoms with van der Waals surface area (Å²) < 4.78 is 52.1. The van der Waals surface area contributed by atoms with Gasteiger partial charge in [-0.1, -0.05) is 26.0 Å². The molecular formula is C32H37N3O10S. The molecule has 246 valence electrons. The standard InChI is InChI=1S/C32H37N3O10S/c1-21(2)17-33(46(40,41)26-13-14-28-29(16-26)44-20-43-28)18-30-27(34(31(36)37)32(3,4)45-30)15-22-7-11-25(12-8-22)42-19-23-5-9-24(10-6-23)35(38)39/h5-14,16,21,27,30H,15,17-20H2,1-4H3,(H,36,37)/t27-,30+/m0/s1. The molecule has 14 heteroatoms. The monoisotopic (exact) mass is 655 g/mol. The number of nitrogens with zero attached hydrogens (tertiary/aromatic N) is 3. The van der Waals surface area contributed by atoms with Crippen LogP contribution in [0.15, 0.2) is 71.6 Å². The van der Waals surface area contributed by atoms with Gasteiger partial charge in [0.15, 0.2) is 11.5 Å². The Bertz CT molecular complexity index is 1680. The van der Waals surface area contributed by atoms with Gasteiger partial charge in [0.25, 0.3) is 5.69 Å². The lowest BCUT2D eigenvalue weighted by Crippen LogP contribution is -2.50. The molecule has 0 saturated carbocycles. The molecule has 0 bridgehead atoms. The van der Waals surface area contributed by atoms with Crippen molar-refractivity contribution in [1.82, 2.24) is 9.21 Å². The molecule has 1 amide bonds. The summed E-state index contributed by atoms with van der Waals surface area (Å²) in [5.74, 6) is 1.36. The summed E-state index contributed by atoms with van der Waals surface area (Å²) in [5, 5.41) is 21.1. The van der Waals surface area contributed by atoms with Crippen LogP contribution in [0.4, 0.5) is 10.5 Å². The third-order valence-corrected chi connectivity index (χ3v) is 9.67. The number of rotatable bonds is 12. The van der Waals surface area contributed by atoms with E-state index in [0.717, 1.165) is 11.1 Å². The first-order valence-electron chi connectivity index (χ1n) is 14.8. The number of non-ortho nitro benzene ring substituents is 1. The SMILES string of the molecule is CC(C)CN(C[C@H]1OC(C)(C)N(C(=O)O)[C@H]1Cc1ccc(OCc2ccc([N+](=O)[O-])cc2)cc1)S(=O)(=O)c1ccc2c(c1)OCO2. The van der Waals surface area contributed by atoms with Crippen LogP contribution in [-0.2, 0) is 27.8 Å². The van der Waals surface area contributed by atoms with Crippen molar-refractivity contribution < 1.29 is 42.2 Å². The molecule has 0 aliphatic carbocycles. The number of hydrogen-bond donors (Lipinski definition) is 1. The van der Waals surface area contributed by atoms with Crippen molar-refractivity contribution in [3.8, 4) is 17.2 Å². The molecule has 5 rings (SSSR count). The predicted molar refractivity (Wildman–Crippen MR) is 166 cm³/mol. The number of ether oxygens (including phenoxy) is 4. The summed E-state index contributed by atoms with van der Waals surface area (Å²) in [7, 11) is -4.02. The van der Waals surface area contributed by atoms with E-state index in [2.05, 4.69) is 0 Å². The average Bonchev–Trinajstić information content (AvgIpc) is 3.57. The van der Waals surface area contributed by atoms with E-state index in [0.29, 0.717) is 17.2 Å². The Hall–Kier alpha value is -4.40. The van der Waals surface area contributed by atoms with Crippen molar-refractivity contribution in [2.24, 2.45) is 5.92 Å². The zero-order valence-electron chi connectivity index (χ0n) is 26.0. The van der Waals surface area contributed by atoms with Gasteiger partial charge in [0.1, 0.15) is 18.1 Å². The number of nitro benzene ring substituents is 1. The molecule has 2 aliphatic heterocycles. The lowest BCUT2D eigenvalue weighted by atomic mass is 10.00. The van der Waals surface area contributed by atoms with Gasteiger partial charge < -0.3 is 24.1 Å². The molecule has 0 spiro atoms. The summed E-state index contributed by atoms with van der Waals surface area (Å²) in [6, 6.07) is 17.0. The molecule has 2 atom stereocenters. The maximum Gasteiger partial charge on any atom is 0.409 e. The van der Waals surface area contributed by atoms with Gasteiger partial charge in [-0.3, -0.25) is 15.0 Å². The second-order valence-electron chi connectivity index (χ2n) is 12.1. The van der Waals surface area contributed by atoms with Gasteiger partial charge in [-0.2, -0.15) is 4.31 Å².